The Hall–Kier alpha value is -2.66. The molecule has 0 spiro atoms. The Kier molecular flexibility index (Phi) is 6.95. The lowest BCUT2D eigenvalue weighted by Crippen LogP contribution is -2.41. The zero-order valence-corrected chi connectivity index (χ0v) is 18.8. The molecule has 0 atom stereocenters. The molecule has 0 saturated carbocycles. The van der Waals surface area contributed by atoms with Gasteiger partial charge in [0.05, 0.1) is 30.2 Å². The molecule has 1 amide bonds. The van der Waals surface area contributed by atoms with Gasteiger partial charge in [-0.15, -0.1) is 11.3 Å². The molecule has 10 heteroatoms. The average Bonchev–Trinajstić information content (AvgIpc) is 3.27. The van der Waals surface area contributed by atoms with E-state index in [1.54, 1.807) is 41.8 Å². The number of thiazole rings is 1. The molecule has 0 unspecified atom stereocenters. The number of benzene rings is 2. The summed E-state index contributed by atoms with van der Waals surface area (Å²) in [4.78, 5) is 17.1. The number of nitrogens with zero attached hydrogens (tertiary/aromatic N) is 2. The standard InChI is InChI=1S/C22H22FN3O4S2/c23-18-7-5-16(6-8-18)22-25-19(15-31-22)13-21(27)24-14-17-3-1-2-4-20(17)32(28,29)26-9-11-30-12-10-26/h1-8,15H,9-14H2,(H,24,27). The number of halogens is 1. The van der Waals surface area contributed by atoms with Crippen LogP contribution in [-0.2, 0) is 32.5 Å². The number of hydrogen-bond acceptors (Lipinski definition) is 6. The van der Waals surface area contributed by atoms with Crippen molar-refractivity contribution in [1.29, 1.82) is 0 Å². The summed E-state index contributed by atoms with van der Waals surface area (Å²) in [5, 5.41) is 5.28. The minimum atomic E-state index is -3.67. The summed E-state index contributed by atoms with van der Waals surface area (Å²) in [7, 11) is -3.67. The number of carbonyl (C=O) groups excluding carboxylic acids is 1. The molecule has 3 aromatic rings. The number of amides is 1. The topological polar surface area (TPSA) is 88.6 Å². The van der Waals surface area contributed by atoms with Gasteiger partial charge in [0.25, 0.3) is 0 Å². The summed E-state index contributed by atoms with van der Waals surface area (Å²) in [5.41, 5.74) is 1.91. The molecule has 1 aliphatic heterocycles. The maximum absolute atomic E-state index is 13.1. The summed E-state index contributed by atoms with van der Waals surface area (Å²) in [6.07, 6.45) is 0.0656. The maximum Gasteiger partial charge on any atom is 0.243 e. The van der Waals surface area contributed by atoms with Gasteiger partial charge in [0.15, 0.2) is 0 Å². The molecule has 0 aliphatic carbocycles. The molecule has 1 saturated heterocycles. The van der Waals surface area contributed by atoms with E-state index in [1.807, 2.05) is 0 Å². The fourth-order valence-electron chi connectivity index (χ4n) is 3.36. The highest BCUT2D eigenvalue weighted by Gasteiger charge is 2.28. The fraction of sp³-hybridized carbons (Fsp3) is 0.273. The van der Waals surface area contributed by atoms with Crippen LogP contribution in [0.25, 0.3) is 10.6 Å². The Morgan fingerprint density at radius 3 is 2.59 bits per heavy atom. The molecular weight excluding hydrogens is 453 g/mol. The van der Waals surface area contributed by atoms with Crippen LogP contribution in [0.1, 0.15) is 11.3 Å². The Labute approximate surface area is 189 Å². The number of aromatic nitrogens is 1. The van der Waals surface area contributed by atoms with Crippen molar-refractivity contribution in [3.05, 3.63) is 71.0 Å². The second kappa shape index (κ2) is 9.86. The van der Waals surface area contributed by atoms with Crippen LogP contribution >= 0.6 is 11.3 Å². The van der Waals surface area contributed by atoms with Gasteiger partial charge in [-0.3, -0.25) is 4.79 Å². The smallest absolute Gasteiger partial charge is 0.243 e. The lowest BCUT2D eigenvalue weighted by Gasteiger charge is -2.27. The van der Waals surface area contributed by atoms with Crippen molar-refractivity contribution in [1.82, 2.24) is 14.6 Å². The molecule has 1 aliphatic rings. The number of hydrogen-bond donors (Lipinski definition) is 1. The van der Waals surface area contributed by atoms with Crippen LogP contribution in [0.5, 0.6) is 0 Å². The number of carbonyl (C=O) groups is 1. The van der Waals surface area contributed by atoms with Gasteiger partial charge in [-0.1, -0.05) is 18.2 Å². The molecule has 168 valence electrons. The largest absolute Gasteiger partial charge is 0.379 e. The van der Waals surface area contributed by atoms with Crippen LogP contribution in [0.3, 0.4) is 0 Å². The van der Waals surface area contributed by atoms with E-state index in [9.17, 15) is 17.6 Å². The first kappa shape index (κ1) is 22.5. The molecule has 1 fully saturated rings. The van der Waals surface area contributed by atoms with Crippen molar-refractivity contribution in [2.45, 2.75) is 17.9 Å². The van der Waals surface area contributed by atoms with Crippen molar-refractivity contribution in [2.24, 2.45) is 0 Å². The van der Waals surface area contributed by atoms with Gasteiger partial charge >= 0.3 is 0 Å². The molecule has 4 rings (SSSR count). The summed E-state index contributed by atoms with van der Waals surface area (Å²) >= 11 is 1.38. The van der Waals surface area contributed by atoms with E-state index in [0.717, 1.165) is 5.56 Å². The van der Waals surface area contributed by atoms with Crippen molar-refractivity contribution in [3.8, 4) is 10.6 Å². The number of morpholine rings is 1. The summed E-state index contributed by atoms with van der Waals surface area (Å²) in [6.45, 7) is 1.44. The van der Waals surface area contributed by atoms with Gasteiger partial charge in [-0.05, 0) is 35.9 Å². The predicted octanol–water partition coefficient (Wildman–Crippen LogP) is 2.83. The van der Waals surface area contributed by atoms with Crippen LogP contribution in [0, 0.1) is 5.82 Å². The lowest BCUT2D eigenvalue weighted by atomic mass is 10.2. The lowest BCUT2D eigenvalue weighted by molar-refractivity contribution is -0.120. The van der Waals surface area contributed by atoms with Gasteiger partial charge in [0, 0.05) is 30.6 Å². The van der Waals surface area contributed by atoms with Gasteiger partial charge in [0.2, 0.25) is 15.9 Å². The average molecular weight is 476 g/mol. The van der Waals surface area contributed by atoms with E-state index in [4.69, 9.17) is 4.74 Å². The summed E-state index contributed by atoms with van der Waals surface area (Å²) < 4.78 is 45.8. The highest BCUT2D eigenvalue weighted by atomic mass is 32.2. The van der Waals surface area contributed by atoms with Crippen LogP contribution in [0.15, 0.2) is 58.8 Å². The van der Waals surface area contributed by atoms with Crippen LogP contribution in [0.2, 0.25) is 0 Å². The van der Waals surface area contributed by atoms with Gasteiger partial charge < -0.3 is 10.1 Å². The third kappa shape index (κ3) is 5.21. The second-order valence-electron chi connectivity index (χ2n) is 7.23. The van der Waals surface area contributed by atoms with Crippen LogP contribution in [-0.4, -0.2) is 49.9 Å². The minimum Gasteiger partial charge on any atom is -0.379 e. The first-order valence-corrected chi connectivity index (χ1v) is 12.4. The van der Waals surface area contributed by atoms with Crippen molar-refractivity contribution in [2.75, 3.05) is 26.3 Å². The molecule has 1 aromatic heterocycles. The molecular formula is C22H22FN3O4S2. The predicted molar refractivity (Wildman–Crippen MR) is 119 cm³/mol. The monoisotopic (exact) mass is 475 g/mol. The first-order chi connectivity index (χ1) is 15.4. The molecule has 0 bridgehead atoms. The molecule has 32 heavy (non-hydrogen) atoms. The molecule has 1 N–H and O–H groups in total. The van der Waals surface area contributed by atoms with E-state index < -0.39 is 10.0 Å². The molecule has 7 nitrogen and oxygen atoms in total. The third-order valence-corrected chi connectivity index (χ3v) is 7.96. The van der Waals surface area contributed by atoms with Crippen LogP contribution < -0.4 is 5.32 Å². The van der Waals surface area contributed by atoms with E-state index in [2.05, 4.69) is 10.3 Å². The number of rotatable bonds is 7. The summed E-state index contributed by atoms with van der Waals surface area (Å²) in [6, 6.07) is 12.7. The SMILES string of the molecule is O=C(Cc1csc(-c2ccc(F)cc2)n1)NCc1ccccc1S(=O)(=O)N1CCOCC1. The normalized spacial score (nSPS) is 14.9. The third-order valence-electron chi connectivity index (χ3n) is 5.02. The minimum absolute atomic E-state index is 0.0656. The van der Waals surface area contributed by atoms with E-state index in [0.29, 0.717) is 42.6 Å². The highest BCUT2D eigenvalue weighted by Crippen LogP contribution is 2.24. The Bertz CT molecular complexity index is 1190. The van der Waals surface area contributed by atoms with Gasteiger partial charge in [-0.2, -0.15) is 4.31 Å². The number of sulfonamides is 1. The van der Waals surface area contributed by atoms with Gasteiger partial charge in [-0.25, -0.2) is 17.8 Å². The molecule has 2 heterocycles. The van der Waals surface area contributed by atoms with E-state index in [-0.39, 0.29) is 29.6 Å². The summed E-state index contributed by atoms with van der Waals surface area (Å²) in [5.74, 6) is -0.583. The van der Waals surface area contributed by atoms with Crippen molar-refractivity contribution in [3.63, 3.8) is 0 Å². The Balaban J connectivity index is 1.40. The van der Waals surface area contributed by atoms with Crippen molar-refractivity contribution < 1.29 is 22.3 Å². The van der Waals surface area contributed by atoms with Crippen molar-refractivity contribution >= 4 is 27.3 Å². The number of ether oxygens (including phenoxy) is 1. The highest BCUT2D eigenvalue weighted by molar-refractivity contribution is 7.89. The first-order valence-electron chi connectivity index (χ1n) is 10.1. The molecule has 2 aromatic carbocycles. The molecule has 0 radical (unpaired) electrons. The zero-order chi connectivity index (χ0) is 22.6. The van der Waals surface area contributed by atoms with Crippen LogP contribution in [0.4, 0.5) is 4.39 Å². The van der Waals surface area contributed by atoms with Gasteiger partial charge in [0.1, 0.15) is 10.8 Å². The Morgan fingerprint density at radius 2 is 1.84 bits per heavy atom. The Morgan fingerprint density at radius 1 is 1.12 bits per heavy atom. The quantitative estimate of drug-likeness (QED) is 0.568. The zero-order valence-electron chi connectivity index (χ0n) is 17.2. The fourth-order valence-corrected chi connectivity index (χ4v) is 5.82. The van der Waals surface area contributed by atoms with E-state index >= 15 is 0 Å². The number of nitrogens with one attached hydrogen (secondary N) is 1. The maximum atomic E-state index is 13.1. The van der Waals surface area contributed by atoms with E-state index in [1.165, 1.54) is 27.8 Å². The second-order valence-corrected chi connectivity index (χ2v) is 9.99.